The second-order valence-electron chi connectivity index (χ2n) is 9.65. The molecule has 0 amide bonds. The quantitative estimate of drug-likeness (QED) is 0.587. The van der Waals surface area contributed by atoms with Crippen molar-refractivity contribution in [3.63, 3.8) is 0 Å². The van der Waals surface area contributed by atoms with Gasteiger partial charge in [-0.2, -0.15) is 0 Å². The monoisotopic (exact) mass is 400 g/mol. The molecule has 0 N–H and O–H groups in total. The van der Waals surface area contributed by atoms with E-state index in [0.717, 1.165) is 13.7 Å². The van der Waals surface area contributed by atoms with Gasteiger partial charge < -0.3 is 0 Å². The maximum absolute atomic E-state index is 2.73. The Morgan fingerprint density at radius 1 is 0.444 bits per heavy atom. The van der Waals surface area contributed by atoms with E-state index < -0.39 is 34.7 Å². The van der Waals surface area contributed by atoms with Crippen LogP contribution in [0.2, 0.25) is 78.6 Å². The summed E-state index contributed by atoms with van der Waals surface area (Å²) in [6, 6.07) is 0. The first kappa shape index (κ1) is 19.6. The van der Waals surface area contributed by atoms with Gasteiger partial charge >= 0.3 is 127 Å². The molecule has 0 bridgehead atoms. The molecule has 0 aromatic carbocycles. The minimum absolute atomic E-state index is 0.894. The third kappa shape index (κ3) is 4.05. The van der Waals surface area contributed by atoms with E-state index in [1.54, 1.807) is 0 Å². The molecule has 0 aromatic rings. The Morgan fingerprint density at radius 2 is 0.667 bits per heavy atom. The number of hydrogen-bond donors (Lipinski definition) is 0. The van der Waals surface area contributed by atoms with Crippen LogP contribution in [0.3, 0.4) is 0 Å². The molecule has 0 unspecified atom stereocenters. The summed E-state index contributed by atoms with van der Waals surface area (Å²) in [7, 11) is -2.98. The van der Waals surface area contributed by atoms with Crippen molar-refractivity contribution in [2.75, 3.05) is 0 Å². The second-order valence-corrected chi connectivity index (χ2v) is 77.0. The molecule has 0 nitrogen and oxygen atoms in total. The Labute approximate surface area is 126 Å². The Kier molecular flexibility index (Phi) is 5.91. The van der Waals surface area contributed by atoms with Crippen molar-refractivity contribution in [3.8, 4) is 0 Å². The van der Waals surface area contributed by atoms with Crippen molar-refractivity contribution < 1.29 is 0 Å². The molecule has 0 heterocycles. The standard InChI is InChI=1S/C12H36SeSi5/c1-14(2,3)13-18(15(4,5)6,16(7,8)9)17(10,11)12/h1-12H3. The first-order valence-corrected chi connectivity index (χ1v) is 31.1. The molecular weight excluding hydrogens is 364 g/mol. The van der Waals surface area contributed by atoms with Crippen molar-refractivity contribution in [1.82, 2.24) is 0 Å². The molecule has 0 aliphatic rings. The van der Waals surface area contributed by atoms with E-state index in [-0.39, 0.29) is 0 Å². The van der Waals surface area contributed by atoms with Gasteiger partial charge in [-0.15, -0.1) is 0 Å². The van der Waals surface area contributed by atoms with Gasteiger partial charge in [-0.1, -0.05) is 0 Å². The van der Waals surface area contributed by atoms with Crippen LogP contribution in [0.1, 0.15) is 0 Å². The zero-order valence-corrected chi connectivity index (χ0v) is 21.6. The van der Waals surface area contributed by atoms with Gasteiger partial charge in [0.15, 0.2) is 0 Å². The van der Waals surface area contributed by atoms with Crippen LogP contribution >= 0.6 is 0 Å². The molecule has 0 aromatic heterocycles. The van der Waals surface area contributed by atoms with Crippen molar-refractivity contribution in [2.24, 2.45) is 0 Å². The summed E-state index contributed by atoms with van der Waals surface area (Å²) < 4.78 is 0. The normalized spacial score (nSPS) is 16.0. The molecule has 0 radical (unpaired) electrons. The zero-order valence-electron chi connectivity index (χ0n) is 14.9. The third-order valence-electron chi connectivity index (χ3n) is 3.63. The van der Waals surface area contributed by atoms with E-state index >= 15 is 0 Å². The van der Waals surface area contributed by atoms with Gasteiger partial charge in [0.1, 0.15) is 0 Å². The first-order chi connectivity index (χ1) is 7.46. The van der Waals surface area contributed by atoms with Gasteiger partial charge in [0.25, 0.3) is 0 Å². The molecular formula is C12H36SeSi5. The zero-order chi connectivity index (χ0) is 15.2. The molecule has 0 rings (SSSR count). The van der Waals surface area contributed by atoms with Crippen LogP contribution in [0.25, 0.3) is 0 Å². The summed E-state index contributed by atoms with van der Waals surface area (Å²) in [5.74, 6) is 0. The Balaban J connectivity index is 6.10. The number of rotatable bonds is 5. The summed E-state index contributed by atoms with van der Waals surface area (Å²) in [6.45, 7) is 31.7. The molecule has 6 heteroatoms. The Morgan fingerprint density at radius 3 is 0.722 bits per heavy atom. The average molecular weight is 400 g/mol. The molecule has 110 valence electrons. The van der Waals surface area contributed by atoms with Crippen LogP contribution in [0, 0.1) is 0 Å². The Bertz CT molecular complexity index is 252. The minimum atomic E-state index is -0.995. The molecule has 0 atom stereocenters. The van der Waals surface area contributed by atoms with E-state index in [0.29, 0.717) is 0 Å². The molecule has 0 aliphatic heterocycles. The predicted molar refractivity (Wildman–Crippen MR) is 105 cm³/mol. The van der Waals surface area contributed by atoms with Crippen LogP contribution < -0.4 is 0 Å². The van der Waals surface area contributed by atoms with Crippen molar-refractivity contribution >= 4 is 48.4 Å². The molecule has 0 saturated heterocycles. The van der Waals surface area contributed by atoms with E-state index in [1.807, 2.05) is 0 Å². The summed E-state index contributed by atoms with van der Waals surface area (Å²) in [5, 5.41) is -0.995. The fourth-order valence-electron chi connectivity index (χ4n) is 4.29. The van der Waals surface area contributed by atoms with Crippen molar-refractivity contribution in [3.05, 3.63) is 0 Å². The van der Waals surface area contributed by atoms with Crippen LogP contribution in [-0.4, -0.2) is 48.4 Å². The Hall–Kier alpha value is 1.60. The van der Waals surface area contributed by atoms with Gasteiger partial charge in [-0.3, -0.25) is 0 Å². The van der Waals surface area contributed by atoms with Crippen molar-refractivity contribution in [1.29, 1.82) is 0 Å². The summed E-state index contributed by atoms with van der Waals surface area (Å²) in [6.07, 6.45) is 0. The first-order valence-electron chi connectivity index (χ1n) is 7.16. The predicted octanol–water partition coefficient (Wildman–Crippen LogP) is 4.72. The summed E-state index contributed by atoms with van der Waals surface area (Å²) >= 11 is 1.04. The third-order valence-corrected chi connectivity index (χ3v) is 140. The van der Waals surface area contributed by atoms with Gasteiger partial charge in [0.2, 0.25) is 0 Å². The molecule has 0 aliphatic carbocycles. The van der Waals surface area contributed by atoms with Gasteiger partial charge in [0, 0.05) is 0 Å². The van der Waals surface area contributed by atoms with Crippen molar-refractivity contribution in [2.45, 2.75) is 78.6 Å². The second kappa shape index (κ2) is 5.42. The molecule has 18 heavy (non-hydrogen) atoms. The molecule has 0 saturated carbocycles. The van der Waals surface area contributed by atoms with E-state index in [4.69, 9.17) is 0 Å². The van der Waals surface area contributed by atoms with Crippen LogP contribution in [0.4, 0.5) is 0 Å². The summed E-state index contributed by atoms with van der Waals surface area (Å²) in [5.41, 5.74) is 0. The summed E-state index contributed by atoms with van der Waals surface area (Å²) in [4.78, 5) is 0. The van der Waals surface area contributed by atoms with E-state index in [9.17, 15) is 0 Å². The SMILES string of the molecule is C[Si](C)(C)[Se][Si]([Si](C)(C)C)([Si](C)(C)C)[Si](C)(C)C. The topological polar surface area (TPSA) is 0 Å². The van der Waals surface area contributed by atoms with Crippen LogP contribution in [-0.2, 0) is 0 Å². The van der Waals surface area contributed by atoms with Gasteiger partial charge in [-0.25, -0.2) is 0 Å². The average Bonchev–Trinajstić information content (AvgIpc) is 1.90. The molecule has 0 fully saturated rings. The number of hydrogen-bond acceptors (Lipinski definition) is 0. The fourth-order valence-corrected chi connectivity index (χ4v) is 220. The fraction of sp³-hybridized carbons (Fsp3) is 1.00. The van der Waals surface area contributed by atoms with E-state index in [1.165, 1.54) is 0 Å². The van der Waals surface area contributed by atoms with E-state index in [2.05, 4.69) is 78.6 Å². The van der Waals surface area contributed by atoms with Gasteiger partial charge in [-0.05, 0) is 0 Å². The molecule has 0 spiro atoms. The van der Waals surface area contributed by atoms with Gasteiger partial charge in [0.05, 0.1) is 0 Å². The van der Waals surface area contributed by atoms with Crippen LogP contribution in [0.15, 0.2) is 0 Å². The maximum atomic E-state index is 2.73. The van der Waals surface area contributed by atoms with Crippen LogP contribution in [0.5, 0.6) is 0 Å².